The highest BCUT2D eigenvalue weighted by Gasteiger charge is 2.10. The fourth-order valence-electron chi connectivity index (χ4n) is 0.599. The molecule has 1 aromatic rings. The topological polar surface area (TPSA) is 63.1 Å². The van der Waals surface area contributed by atoms with Crippen molar-refractivity contribution in [2.75, 3.05) is 0 Å². The molecule has 0 aromatic carbocycles. The highest BCUT2D eigenvalue weighted by atomic mass is 127. The van der Waals surface area contributed by atoms with Gasteiger partial charge in [0.15, 0.2) is 5.69 Å². The van der Waals surface area contributed by atoms with E-state index in [1.807, 2.05) is 22.6 Å². The van der Waals surface area contributed by atoms with E-state index in [1.54, 1.807) is 6.92 Å². The number of aromatic carboxylic acids is 1. The average Bonchev–Trinajstić information content (AvgIpc) is 1.94. The molecular formula is C6H5IN2O2. The molecule has 0 spiro atoms. The largest absolute Gasteiger partial charge is 0.476 e. The van der Waals surface area contributed by atoms with Crippen LogP contribution in [0.3, 0.4) is 0 Å². The van der Waals surface area contributed by atoms with Gasteiger partial charge in [-0.1, -0.05) is 0 Å². The van der Waals surface area contributed by atoms with Crippen LogP contribution in [-0.4, -0.2) is 21.0 Å². The average molecular weight is 264 g/mol. The van der Waals surface area contributed by atoms with Crippen molar-refractivity contribution in [2.45, 2.75) is 6.92 Å². The van der Waals surface area contributed by atoms with Gasteiger partial charge in [0, 0.05) is 6.20 Å². The molecule has 1 heterocycles. The minimum atomic E-state index is -1.04. The first-order chi connectivity index (χ1) is 5.11. The predicted octanol–water partition coefficient (Wildman–Crippen LogP) is 1.09. The summed E-state index contributed by atoms with van der Waals surface area (Å²) in [4.78, 5) is 18.1. The van der Waals surface area contributed by atoms with Gasteiger partial charge in [-0.2, -0.15) is 0 Å². The van der Waals surface area contributed by atoms with Gasteiger partial charge in [0.2, 0.25) is 0 Å². The van der Waals surface area contributed by atoms with Crippen LogP contribution in [0.1, 0.15) is 16.2 Å². The molecule has 0 saturated carbocycles. The molecule has 0 saturated heterocycles. The van der Waals surface area contributed by atoms with E-state index < -0.39 is 5.97 Å². The maximum Gasteiger partial charge on any atom is 0.357 e. The molecule has 5 heteroatoms. The van der Waals surface area contributed by atoms with Crippen LogP contribution in [0.15, 0.2) is 6.20 Å². The van der Waals surface area contributed by atoms with Crippen molar-refractivity contribution in [1.82, 2.24) is 9.97 Å². The number of hydrogen-bond acceptors (Lipinski definition) is 3. The third-order valence-electron chi connectivity index (χ3n) is 1.05. The summed E-state index contributed by atoms with van der Waals surface area (Å²) in [6, 6.07) is 0. The summed E-state index contributed by atoms with van der Waals surface area (Å²) in [5.41, 5.74) is 0.633. The molecule has 0 bridgehead atoms. The van der Waals surface area contributed by atoms with Gasteiger partial charge < -0.3 is 5.11 Å². The quantitative estimate of drug-likeness (QED) is 0.771. The van der Waals surface area contributed by atoms with Gasteiger partial charge in [0.1, 0.15) is 3.70 Å². The molecule has 0 atom stereocenters. The Kier molecular flexibility index (Phi) is 2.38. The third kappa shape index (κ3) is 1.86. The first-order valence-corrected chi connectivity index (χ1v) is 3.91. The van der Waals surface area contributed by atoms with E-state index in [0.717, 1.165) is 0 Å². The second kappa shape index (κ2) is 3.12. The monoisotopic (exact) mass is 264 g/mol. The number of nitrogens with zero attached hydrogens (tertiary/aromatic N) is 2. The lowest BCUT2D eigenvalue weighted by Gasteiger charge is -1.96. The Morgan fingerprint density at radius 3 is 2.82 bits per heavy atom. The van der Waals surface area contributed by atoms with Crippen LogP contribution in [0.2, 0.25) is 0 Å². The van der Waals surface area contributed by atoms with Crippen molar-refractivity contribution < 1.29 is 9.90 Å². The smallest absolute Gasteiger partial charge is 0.357 e. The Morgan fingerprint density at radius 1 is 1.73 bits per heavy atom. The molecule has 0 fully saturated rings. The number of halogens is 1. The fraction of sp³-hybridized carbons (Fsp3) is 0.167. The molecule has 0 unspecified atom stereocenters. The van der Waals surface area contributed by atoms with Gasteiger partial charge in [-0.15, -0.1) is 0 Å². The van der Waals surface area contributed by atoms with E-state index in [0.29, 0.717) is 9.39 Å². The lowest BCUT2D eigenvalue weighted by molar-refractivity contribution is 0.0688. The summed E-state index contributed by atoms with van der Waals surface area (Å²) < 4.78 is 0.417. The molecule has 0 radical (unpaired) electrons. The van der Waals surface area contributed by atoms with Crippen LogP contribution in [0, 0.1) is 10.6 Å². The number of carbonyl (C=O) groups is 1. The van der Waals surface area contributed by atoms with E-state index in [2.05, 4.69) is 9.97 Å². The number of carboxylic acid groups (broad SMARTS) is 1. The minimum absolute atomic E-state index is 0.0191. The van der Waals surface area contributed by atoms with E-state index >= 15 is 0 Å². The Hall–Kier alpha value is -0.720. The number of aromatic nitrogens is 2. The number of hydrogen-bond donors (Lipinski definition) is 1. The summed E-state index contributed by atoms with van der Waals surface area (Å²) in [7, 11) is 0. The van der Waals surface area contributed by atoms with E-state index in [1.165, 1.54) is 6.20 Å². The molecule has 0 aliphatic rings. The number of rotatable bonds is 1. The highest BCUT2D eigenvalue weighted by molar-refractivity contribution is 14.1. The van der Waals surface area contributed by atoms with Gasteiger partial charge in [0.25, 0.3) is 0 Å². The fourth-order valence-corrected chi connectivity index (χ4v) is 1.09. The number of aryl methyl sites for hydroxylation is 1. The molecule has 58 valence electrons. The summed E-state index contributed by atoms with van der Waals surface area (Å²) >= 11 is 1.84. The third-order valence-corrected chi connectivity index (χ3v) is 1.84. The van der Waals surface area contributed by atoms with Gasteiger partial charge >= 0.3 is 5.97 Å². The number of carboxylic acids is 1. The van der Waals surface area contributed by atoms with Crippen LogP contribution in [0.25, 0.3) is 0 Å². The molecule has 1 rings (SSSR count). The SMILES string of the molecule is Cc1cnc(I)c(C(=O)O)n1. The van der Waals surface area contributed by atoms with Gasteiger partial charge in [0.05, 0.1) is 5.69 Å². The second-order valence-corrected chi connectivity index (χ2v) is 2.98. The van der Waals surface area contributed by atoms with E-state index in [4.69, 9.17) is 5.11 Å². The Morgan fingerprint density at radius 2 is 2.36 bits per heavy atom. The summed E-state index contributed by atoms with van der Waals surface area (Å²) in [6.07, 6.45) is 1.54. The van der Waals surface area contributed by atoms with Crippen LogP contribution in [0.5, 0.6) is 0 Å². The van der Waals surface area contributed by atoms with Gasteiger partial charge in [-0.3, -0.25) is 0 Å². The maximum absolute atomic E-state index is 10.5. The zero-order valence-corrected chi connectivity index (χ0v) is 7.86. The minimum Gasteiger partial charge on any atom is -0.476 e. The first-order valence-electron chi connectivity index (χ1n) is 2.83. The summed E-state index contributed by atoms with van der Waals surface area (Å²) in [5, 5.41) is 8.58. The molecular weight excluding hydrogens is 259 g/mol. The molecule has 0 amide bonds. The van der Waals surface area contributed by atoms with Crippen LogP contribution >= 0.6 is 22.6 Å². The predicted molar refractivity (Wildman–Crippen MR) is 46.4 cm³/mol. The zero-order valence-electron chi connectivity index (χ0n) is 5.71. The molecule has 1 aromatic heterocycles. The maximum atomic E-state index is 10.5. The summed E-state index contributed by atoms with van der Waals surface area (Å²) in [6.45, 7) is 1.70. The highest BCUT2D eigenvalue weighted by Crippen LogP contribution is 2.06. The standard InChI is InChI=1S/C6H5IN2O2/c1-3-2-8-5(7)4(9-3)6(10)11/h2H,1H3,(H,10,11). The molecule has 0 aliphatic heterocycles. The van der Waals surface area contributed by atoms with Crippen molar-refractivity contribution in [3.05, 3.63) is 21.3 Å². The van der Waals surface area contributed by atoms with Gasteiger partial charge in [-0.05, 0) is 29.5 Å². The lowest BCUT2D eigenvalue weighted by atomic mass is 10.4. The van der Waals surface area contributed by atoms with E-state index in [9.17, 15) is 4.79 Å². The zero-order chi connectivity index (χ0) is 8.43. The Balaban J connectivity index is 3.23. The van der Waals surface area contributed by atoms with Crippen molar-refractivity contribution >= 4 is 28.6 Å². The van der Waals surface area contributed by atoms with Crippen LogP contribution in [-0.2, 0) is 0 Å². The summed E-state index contributed by atoms with van der Waals surface area (Å²) in [5.74, 6) is -1.04. The van der Waals surface area contributed by atoms with Crippen molar-refractivity contribution in [3.63, 3.8) is 0 Å². The Bertz CT molecular complexity index is 301. The molecule has 0 aliphatic carbocycles. The van der Waals surface area contributed by atoms with Crippen LogP contribution < -0.4 is 0 Å². The molecule has 1 N–H and O–H groups in total. The second-order valence-electron chi connectivity index (χ2n) is 1.96. The normalized spacial score (nSPS) is 9.64. The van der Waals surface area contributed by atoms with Crippen molar-refractivity contribution in [2.24, 2.45) is 0 Å². The first kappa shape index (κ1) is 8.38. The van der Waals surface area contributed by atoms with Crippen LogP contribution in [0.4, 0.5) is 0 Å². The Labute approximate surface area is 76.8 Å². The molecule has 4 nitrogen and oxygen atoms in total. The van der Waals surface area contributed by atoms with E-state index in [-0.39, 0.29) is 5.69 Å². The molecule has 11 heavy (non-hydrogen) atoms. The van der Waals surface area contributed by atoms with Crippen molar-refractivity contribution in [1.29, 1.82) is 0 Å². The lowest BCUT2D eigenvalue weighted by Crippen LogP contribution is -2.06. The van der Waals surface area contributed by atoms with Crippen molar-refractivity contribution in [3.8, 4) is 0 Å². The van der Waals surface area contributed by atoms with Gasteiger partial charge in [-0.25, -0.2) is 14.8 Å².